The Morgan fingerprint density at radius 2 is 1.48 bits per heavy atom. The predicted octanol–water partition coefficient (Wildman–Crippen LogP) is 2.76. The molecule has 2 N–H and O–H groups in total. The van der Waals surface area contributed by atoms with Crippen molar-refractivity contribution in [1.82, 2.24) is 10.6 Å². The molecule has 0 atom stereocenters. The van der Waals surface area contributed by atoms with Crippen LogP contribution < -0.4 is 20.1 Å². The lowest BCUT2D eigenvalue weighted by molar-refractivity contribution is -0.123. The molecule has 3 rings (SSSR count). The third kappa shape index (κ3) is 5.44. The summed E-state index contributed by atoms with van der Waals surface area (Å²) in [7, 11) is 0. The zero-order chi connectivity index (χ0) is 20.8. The van der Waals surface area contributed by atoms with Crippen molar-refractivity contribution in [3.63, 3.8) is 0 Å². The number of benzene rings is 2. The number of imide groups is 2. The molecule has 0 radical (unpaired) electrons. The molecule has 1 saturated heterocycles. The molecule has 0 aromatic heterocycles. The van der Waals surface area contributed by atoms with Crippen LogP contribution in [0, 0.1) is 6.92 Å². The maximum atomic E-state index is 11.7. The van der Waals surface area contributed by atoms with Gasteiger partial charge in [-0.1, -0.05) is 25.1 Å². The van der Waals surface area contributed by atoms with Gasteiger partial charge in [0.15, 0.2) is 0 Å². The Balaban J connectivity index is 1.53. The van der Waals surface area contributed by atoms with E-state index in [-0.39, 0.29) is 5.57 Å². The van der Waals surface area contributed by atoms with E-state index in [1.165, 1.54) is 11.6 Å². The number of aryl methyl sites for hydroxylation is 2. The zero-order valence-electron chi connectivity index (χ0n) is 16.3. The van der Waals surface area contributed by atoms with E-state index in [1.807, 2.05) is 29.7 Å². The molecule has 29 heavy (non-hydrogen) atoms. The summed E-state index contributed by atoms with van der Waals surface area (Å²) in [5.41, 5.74) is 2.90. The molecular weight excluding hydrogens is 372 g/mol. The topological polar surface area (TPSA) is 93.7 Å². The molecule has 0 saturated carbocycles. The molecule has 2 aromatic rings. The van der Waals surface area contributed by atoms with Gasteiger partial charge in [-0.2, -0.15) is 0 Å². The number of carbonyl (C=O) groups excluding carboxylic acids is 3. The third-order valence-corrected chi connectivity index (χ3v) is 4.27. The molecule has 0 spiro atoms. The van der Waals surface area contributed by atoms with Crippen LogP contribution in [0.1, 0.15) is 23.6 Å². The molecule has 1 fully saturated rings. The lowest BCUT2D eigenvalue weighted by Crippen LogP contribution is -2.51. The Bertz CT molecular complexity index is 942. The molecule has 7 heteroatoms. The highest BCUT2D eigenvalue weighted by molar-refractivity contribution is 6.31. The quantitative estimate of drug-likeness (QED) is 0.428. The number of barbiturate groups is 1. The second-order valence-corrected chi connectivity index (χ2v) is 6.57. The molecule has 2 aromatic carbocycles. The Morgan fingerprint density at radius 1 is 0.862 bits per heavy atom. The first-order valence-corrected chi connectivity index (χ1v) is 9.29. The Hall–Kier alpha value is -3.61. The number of ether oxygens (including phenoxy) is 2. The van der Waals surface area contributed by atoms with E-state index in [4.69, 9.17) is 9.47 Å². The third-order valence-electron chi connectivity index (χ3n) is 4.27. The summed E-state index contributed by atoms with van der Waals surface area (Å²) in [4.78, 5) is 34.6. The molecule has 0 bridgehead atoms. The summed E-state index contributed by atoms with van der Waals surface area (Å²) >= 11 is 0. The van der Waals surface area contributed by atoms with Crippen LogP contribution in [-0.2, 0) is 16.0 Å². The van der Waals surface area contributed by atoms with Crippen LogP contribution in [0.15, 0.2) is 48.0 Å². The van der Waals surface area contributed by atoms with Crippen LogP contribution >= 0.6 is 0 Å². The van der Waals surface area contributed by atoms with Gasteiger partial charge < -0.3 is 9.47 Å². The molecular formula is C22H22N2O5. The second kappa shape index (κ2) is 9.05. The minimum atomic E-state index is -0.820. The van der Waals surface area contributed by atoms with Crippen molar-refractivity contribution in [3.8, 4) is 11.5 Å². The minimum absolute atomic E-state index is 0.128. The van der Waals surface area contributed by atoms with Gasteiger partial charge in [-0.3, -0.25) is 20.2 Å². The average Bonchev–Trinajstić information content (AvgIpc) is 2.68. The average molecular weight is 394 g/mol. The summed E-state index contributed by atoms with van der Waals surface area (Å²) in [6.45, 7) is 4.93. The first kappa shape index (κ1) is 20.1. The van der Waals surface area contributed by atoms with E-state index < -0.39 is 17.8 Å². The number of rotatable bonds is 7. The number of nitrogens with one attached hydrogen (secondary N) is 2. The second-order valence-electron chi connectivity index (χ2n) is 6.57. The van der Waals surface area contributed by atoms with E-state index in [0.29, 0.717) is 24.5 Å². The van der Waals surface area contributed by atoms with Gasteiger partial charge >= 0.3 is 6.03 Å². The number of carbonyl (C=O) groups is 3. The lowest BCUT2D eigenvalue weighted by atomic mass is 10.1. The van der Waals surface area contributed by atoms with Gasteiger partial charge in [0.25, 0.3) is 11.8 Å². The normalized spacial score (nSPS) is 13.6. The highest BCUT2D eigenvalue weighted by Gasteiger charge is 2.27. The lowest BCUT2D eigenvalue weighted by Gasteiger charge is -2.14. The molecule has 150 valence electrons. The zero-order valence-corrected chi connectivity index (χ0v) is 16.3. The summed E-state index contributed by atoms with van der Waals surface area (Å²) < 4.78 is 11.4. The molecule has 1 aliphatic rings. The molecule has 1 aliphatic heterocycles. The van der Waals surface area contributed by atoms with E-state index in [2.05, 4.69) is 13.0 Å². The van der Waals surface area contributed by atoms with Crippen molar-refractivity contribution in [2.75, 3.05) is 13.2 Å². The Morgan fingerprint density at radius 3 is 2.10 bits per heavy atom. The predicted molar refractivity (Wildman–Crippen MR) is 108 cm³/mol. The highest BCUT2D eigenvalue weighted by Crippen LogP contribution is 2.18. The van der Waals surface area contributed by atoms with Crippen LogP contribution in [0.5, 0.6) is 11.5 Å². The van der Waals surface area contributed by atoms with Gasteiger partial charge in [-0.15, -0.1) is 0 Å². The maximum Gasteiger partial charge on any atom is 0.328 e. The molecule has 0 unspecified atom stereocenters. The number of amides is 4. The summed E-state index contributed by atoms with van der Waals surface area (Å²) in [6, 6.07) is 12.2. The smallest absolute Gasteiger partial charge is 0.328 e. The van der Waals surface area contributed by atoms with Crippen molar-refractivity contribution in [3.05, 3.63) is 64.7 Å². The van der Waals surface area contributed by atoms with Crippen molar-refractivity contribution in [1.29, 1.82) is 0 Å². The molecule has 7 nitrogen and oxygen atoms in total. The van der Waals surface area contributed by atoms with Crippen LogP contribution in [0.2, 0.25) is 0 Å². The van der Waals surface area contributed by atoms with E-state index in [9.17, 15) is 14.4 Å². The molecule has 1 heterocycles. The summed E-state index contributed by atoms with van der Waals surface area (Å²) in [6.07, 6.45) is 2.36. The Kier molecular flexibility index (Phi) is 6.29. The van der Waals surface area contributed by atoms with Gasteiger partial charge in [0.1, 0.15) is 30.3 Å². The summed E-state index contributed by atoms with van der Waals surface area (Å²) in [5.74, 6) is 0.0223. The van der Waals surface area contributed by atoms with E-state index >= 15 is 0 Å². The van der Waals surface area contributed by atoms with Crippen molar-refractivity contribution in [2.45, 2.75) is 20.3 Å². The minimum Gasteiger partial charge on any atom is -0.490 e. The van der Waals surface area contributed by atoms with Crippen molar-refractivity contribution >= 4 is 23.9 Å². The van der Waals surface area contributed by atoms with Gasteiger partial charge in [-0.25, -0.2) is 4.79 Å². The monoisotopic (exact) mass is 394 g/mol. The van der Waals surface area contributed by atoms with Gasteiger partial charge in [0.2, 0.25) is 0 Å². The Labute approximate surface area is 168 Å². The fraction of sp³-hybridized carbons (Fsp3) is 0.227. The summed E-state index contributed by atoms with van der Waals surface area (Å²) in [5, 5.41) is 4.07. The maximum absolute atomic E-state index is 11.7. The largest absolute Gasteiger partial charge is 0.490 e. The van der Waals surface area contributed by atoms with E-state index in [1.54, 1.807) is 24.3 Å². The molecule has 4 amide bonds. The number of urea groups is 1. The molecule has 0 aliphatic carbocycles. The fourth-order valence-corrected chi connectivity index (χ4v) is 2.86. The SMILES string of the molecule is CCc1cc(C)cc(OCCOc2ccc(C=C3C(=O)NC(=O)NC3=O)cc2)c1. The fourth-order valence-electron chi connectivity index (χ4n) is 2.86. The van der Waals surface area contributed by atoms with Crippen molar-refractivity contribution < 1.29 is 23.9 Å². The van der Waals surface area contributed by atoms with E-state index in [0.717, 1.165) is 17.7 Å². The van der Waals surface area contributed by atoms with Crippen LogP contribution in [0.4, 0.5) is 4.79 Å². The standard InChI is InChI=1S/C22H22N2O5/c1-3-15-10-14(2)11-18(12-15)29-9-8-28-17-6-4-16(5-7-17)13-19-20(25)23-22(27)24-21(19)26/h4-7,10-13H,3,8-9H2,1-2H3,(H2,23,24,25,26,27). The van der Waals surface area contributed by atoms with Crippen LogP contribution in [0.3, 0.4) is 0 Å². The van der Waals surface area contributed by atoms with Crippen LogP contribution in [0.25, 0.3) is 6.08 Å². The van der Waals surface area contributed by atoms with Gasteiger partial charge in [0, 0.05) is 0 Å². The van der Waals surface area contributed by atoms with Crippen LogP contribution in [-0.4, -0.2) is 31.1 Å². The highest BCUT2D eigenvalue weighted by atomic mass is 16.5. The van der Waals surface area contributed by atoms with Gasteiger partial charge in [0.05, 0.1) is 0 Å². The first-order chi connectivity index (χ1) is 13.9. The first-order valence-electron chi connectivity index (χ1n) is 9.29. The van der Waals surface area contributed by atoms with Crippen molar-refractivity contribution in [2.24, 2.45) is 0 Å². The number of hydrogen-bond donors (Lipinski definition) is 2. The number of hydrogen-bond acceptors (Lipinski definition) is 5. The van der Waals surface area contributed by atoms with Gasteiger partial charge in [-0.05, 0) is 60.4 Å².